The topological polar surface area (TPSA) is 64.9 Å². The van der Waals surface area contributed by atoms with Gasteiger partial charge in [-0.2, -0.15) is 4.98 Å². The van der Waals surface area contributed by atoms with Gasteiger partial charge in [0.15, 0.2) is 5.82 Å². The number of hydrogen-bond acceptors (Lipinski definition) is 4. The van der Waals surface area contributed by atoms with Gasteiger partial charge < -0.3 is 10.3 Å². The third kappa shape index (κ3) is 2.51. The third-order valence-corrected chi connectivity index (χ3v) is 4.03. The highest BCUT2D eigenvalue weighted by Crippen LogP contribution is 2.43. The van der Waals surface area contributed by atoms with Crippen molar-refractivity contribution in [2.24, 2.45) is 11.7 Å². The molecule has 1 fully saturated rings. The minimum absolute atomic E-state index is 0.459. The zero-order chi connectivity index (χ0) is 13.5. The monoisotopic (exact) mass is 277 g/mol. The van der Waals surface area contributed by atoms with Gasteiger partial charge in [0.2, 0.25) is 5.89 Å². The van der Waals surface area contributed by atoms with Crippen molar-refractivity contribution in [1.29, 1.82) is 0 Å². The summed E-state index contributed by atoms with van der Waals surface area (Å²) in [4.78, 5) is 4.42. The molecule has 100 valence electrons. The molecular weight excluding hydrogens is 262 g/mol. The highest BCUT2D eigenvalue weighted by Gasteiger charge is 2.43. The Hall–Kier alpha value is -1.39. The summed E-state index contributed by atoms with van der Waals surface area (Å²) in [7, 11) is 0. The Bertz CT molecular complexity index is 590. The number of halogens is 1. The molecule has 1 saturated carbocycles. The highest BCUT2D eigenvalue weighted by molar-refractivity contribution is 6.31. The van der Waals surface area contributed by atoms with Crippen molar-refractivity contribution in [2.75, 3.05) is 0 Å². The van der Waals surface area contributed by atoms with Crippen molar-refractivity contribution >= 4 is 11.6 Å². The maximum atomic E-state index is 6.26. The van der Waals surface area contributed by atoms with Gasteiger partial charge in [0.25, 0.3) is 0 Å². The molecule has 4 nitrogen and oxygen atoms in total. The molecule has 1 aliphatic rings. The fourth-order valence-electron chi connectivity index (χ4n) is 2.21. The minimum atomic E-state index is -0.508. The van der Waals surface area contributed by atoms with Gasteiger partial charge in [-0.3, -0.25) is 0 Å². The molecular formula is C14H16ClN3O. The molecule has 5 heteroatoms. The summed E-state index contributed by atoms with van der Waals surface area (Å²) in [5.74, 6) is 1.61. The molecule has 19 heavy (non-hydrogen) atoms. The zero-order valence-corrected chi connectivity index (χ0v) is 11.5. The van der Waals surface area contributed by atoms with Crippen molar-refractivity contribution in [2.45, 2.75) is 31.7 Å². The number of rotatable bonds is 4. The first-order valence-corrected chi connectivity index (χ1v) is 6.80. The van der Waals surface area contributed by atoms with E-state index in [0.717, 1.165) is 18.4 Å². The van der Waals surface area contributed by atoms with E-state index in [1.807, 2.05) is 31.2 Å². The normalized spacial score (nSPS) is 18.3. The molecule has 1 aromatic carbocycles. The van der Waals surface area contributed by atoms with E-state index in [4.69, 9.17) is 21.9 Å². The van der Waals surface area contributed by atoms with Gasteiger partial charge in [-0.15, -0.1) is 0 Å². The van der Waals surface area contributed by atoms with Gasteiger partial charge in [0.1, 0.15) is 0 Å². The smallest absolute Gasteiger partial charge is 0.246 e. The summed E-state index contributed by atoms with van der Waals surface area (Å²) in [5.41, 5.74) is 6.74. The first-order chi connectivity index (χ1) is 9.07. The number of aromatic nitrogens is 2. The largest absolute Gasteiger partial charge is 0.337 e. The third-order valence-electron chi connectivity index (χ3n) is 3.66. The van der Waals surface area contributed by atoms with Crippen LogP contribution in [-0.2, 0) is 12.0 Å². The molecule has 0 bridgehead atoms. The molecule has 1 heterocycles. The second-order valence-corrected chi connectivity index (χ2v) is 5.75. The van der Waals surface area contributed by atoms with Crippen LogP contribution in [0.5, 0.6) is 0 Å². The molecule has 2 N–H and O–H groups in total. The minimum Gasteiger partial charge on any atom is -0.337 e. The molecule has 1 aliphatic carbocycles. The Balaban J connectivity index is 1.80. The Morgan fingerprint density at radius 2 is 2.16 bits per heavy atom. The molecule has 1 atom stereocenters. The first-order valence-electron chi connectivity index (χ1n) is 6.42. The lowest BCUT2D eigenvalue weighted by molar-refractivity contribution is 0.272. The van der Waals surface area contributed by atoms with Crippen LogP contribution < -0.4 is 5.73 Å². The lowest BCUT2D eigenvalue weighted by Gasteiger charge is -2.18. The molecule has 1 unspecified atom stereocenters. The molecule has 2 aromatic rings. The Morgan fingerprint density at radius 1 is 1.42 bits per heavy atom. The van der Waals surface area contributed by atoms with Crippen LogP contribution in [0.25, 0.3) is 0 Å². The Labute approximate surface area is 117 Å². The molecule has 1 aromatic heterocycles. The molecule has 0 amide bonds. The van der Waals surface area contributed by atoms with Crippen LogP contribution in [0, 0.1) is 5.92 Å². The predicted molar refractivity (Wildman–Crippen MR) is 72.8 cm³/mol. The standard InChI is InChI=1S/C14H16ClN3O/c1-14(16,10-6-7-10)13-17-12(18-19-13)8-9-4-2-3-5-11(9)15/h2-5,10H,6-8,16H2,1H3. The summed E-state index contributed by atoms with van der Waals surface area (Å²) < 4.78 is 5.31. The quantitative estimate of drug-likeness (QED) is 0.933. The van der Waals surface area contributed by atoms with Crippen LogP contribution in [0.2, 0.25) is 5.02 Å². The van der Waals surface area contributed by atoms with Crippen molar-refractivity contribution in [3.63, 3.8) is 0 Å². The molecule has 0 aliphatic heterocycles. The van der Waals surface area contributed by atoms with E-state index in [-0.39, 0.29) is 0 Å². The average Bonchev–Trinajstić information content (AvgIpc) is 3.13. The second-order valence-electron chi connectivity index (χ2n) is 5.34. The van der Waals surface area contributed by atoms with Crippen molar-refractivity contribution in [1.82, 2.24) is 10.1 Å². The number of nitrogens with zero attached hydrogens (tertiary/aromatic N) is 2. The average molecular weight is 278 g/mol. The summed E-state index contributed by atoms with van der Waals surface area (Å²) in [6, 6.07) is 7.66. The maximum Gasteiger partial charge on any atom is 0.246 e. The summed E-state index contributed by atoms with van der Waals surface area (Å²) in [6.07, 6.45) is 2.83. The SMILES string of the molecule is CC(N)(c1nc(Cc2ccccc2Cl)no1)C1CC1. The maximum absolute atomic E-state index is 6.26. The van der Waals surface area contributed by atoms with Crippen molar-refractivity contribution < 1.29 is 4.52 Å². The van der Waals surface area contributed by atoms with Gasteiger partial charge in [-0.1, -0.05) is 35.0 Å². The zero-order valence-electron chi connectivity index (χ0n) is 10.8. The molecule has 3 rings (SSSR count). The van der Waals surface area contributed by atoms with Crippen LogP contribution in [0.3, 0.4) is 0 Å². The predicted octanol–water partition coefficient (Wildman–Crippen LogP) is 2.90. The van der Waals surface area contributed by atoms with E-state index < -0.39 is 5.54 Å². The van der Waals surface area contributed by atoms with Gasteiger partial charge in [0.05, 0.1) is 5.54 Å². The lowest BCUT2D eigenvalue weighted by Crippen LogP contribution is -2.35. The van der Waals surface area contributed by atoms with Crippen molar-refractivity contribution in [3.05, 3.63) is 46.6 Å². The van der Waals surface area contributed by atoms with Gasteiger partial charge in [-0.05, 0) is 37.3 Å². The van der Waals surface area contributed by atoms with Crippen LogP contribution in [-0.4, -0.2) is 10.1 Å². The Kier molecular flexibility index (Phi) is 3.07. The number of hydrogen-bond donors (Lipinski definition) is 1. The molecule has 0 radical (unpaired) electrons. The fourth-order valence-corrected chi connectivity index (χ4v) is 2.42. The van der Waals surface area contributed by atoms with E-state index in [1.165, 1.54) is 0 Å². The van der Waals surface area contributed by atoms with Crippen molar-refractivity contribution in [3.8, 4) is 0 Å². The summed E-state index contributed by atoms with van der Waals surface area (Å²) in [5, 5.41) is 4.72. The van der Waals surface area contributed by atoms with E-state index >= 15 is 0 Å². The summed E-state index contributed by atoms with van der Waals surface area (Å²) >= 11 is 6.12. The Morgan fingerprint density at radius 3 is 2.84 bits per heavy atom. The number of benzene rings is 1. The van der Waals surface area contributed by atoms with Crippen LogP contribution in [0.15, 0.2) is 28.8 Å². The van der Waals surface area contributed by atoms with Gasteiger partial charge in [-0.25, -0.2) is 0 Å². The van der Waals surface area contributed by atoms with E-state index in [2.05, 4.69) is 10.1 Å². The van der Waals surface area contributed by atoms with Gasteiger partial charge >= 0.3 is 0 Å². The van der Waals surface area contributed by atoms with E-state index in [0.29, 0.717) is 29.1 Å². The van der Waals surface area contributed by atoms with E-state index in [1.54, 1.807) is 0 Å². The first kappa shape index (κ1) is 12.6. The lowest BCUT2D eigenvalue weighted by atomic mass is 9.97. The number of nitrogens with two attached hydrogens (primary N) is 1. The second kappa shape index (κ2) is 4.62. The van der Waals surface area contributed by atoms with Crippen LogP contribution in [0.4, 0.5) is 0 Å². The van der Waals surface area contributed by atoms with Gasteiger partial charge in [0, 0.05) is 11.4 Å². The summed E-state index contributed by atoms with van der Waals surface area (Å²) in [6.45, 7) is 1.96. The molecule has 0 spiro atoms. The fraction of sp³-hybridized carbons (Fsp3) is 0.429. The molecule has 0 saturated heterocycles. The highest BCUT2D eigenvalue weighted by atomic mass is 35.5. The van der Waals surface area contributed by atoms with Crippen LogP contribution in [0.1, 0.15) is 37.0 Å². The van der Waals surface area contributed by atoms with E-state index in [9.17, 15) is 0 Å². The van der Waals surface area contributed by atoms with Crippen LogP contribution >= 0.6 is 11.6 Å².